The quantitative estimate of drug-likeness (QED) is 0.822. The predicted octanol–water partition coefficient (Wildman–Crippen LogP) is 1.73. The van der Waals surface area contributed by atoms with Crippen LogP contribution in [0.25, 0.3) is 0 Å². The van der Waals surface area contributed by atoms with Crippen molar-refractivity contribution in [3.63, 3.8) is 0 Å². The van der Waals surface area contributed by atoms with Crippen molar-refractivity contribution in [1.82, 2.24) is 0 Å². The molecule has 1 atom stereocenters. The summed E-state index contributed by atoms with van der Waals surface area (Å²) in [5, 5.41) is 9.44. The molecule has 0 saturated heterocycles. The van der Waals surface area contributed by atoms with Crippen LogP contribution >= 0.6 is 0 Å². The van der Waals surface area contributed by atoms with E-state index in [1.807, 2.05) is 13.8 Å². The Balaban J connectivity index is 3.33. The third-order valence-corrected chi connectivity index (χ3v) is 3.32. The molecule has 3 N–H and O–H groups in total. The molecule has 5 nitrogen and oxygen atoms in total. The number of rotatable bonds is 6. The molecule has 0 spiro atoms. The van der Waals surface area contributed by atoms with E-state index < -0.39 is 5.41 Å². The normalized spacial score (nSPS) is 13.0. The minimum atomic E-state index is -0.465. The molecule has 0 aromatic heterocycles. The molecule has 0 aliphatic carbocycles. The van der Waals surface area contributed by atoms with Crippen LogP contribution < -0.4 is 19.9 Å². The molecular weight excluding hydrogens is 246 g/mol. The predicted molar refractivity (Wildman–Crippen MR) is 73.9 cm³/mol. The van der Waals surface area contributed by atoms with E-state index in [2.05, 4.69) is 0 Å². The summed E-state index contributed by atoms with van der Waals surface area (Å²) in [5.41, 5.74) is 6.55. The van der Waals surface area contributed by atoms with Gasteiger partial charge in [0.2, 0.25) is 0 Å². The van der Waals surface area contributed by atoms with Crippen molar-refractivity contribution in [2.75, 3.05) is 27.9 Å². The molecule has 0 aliphatic rings. The zero-order valence-corrected chi connectivity index (χ0v) is 12.2. The lowest BCUT2D eigenvalue weighted by Gasteiger charge is -2.31. The second-order valence-corrected chi connectivity index (χ2v) is 5.07. The molecule has 1 aromatic rings. The van der Waals surface area contributed by atoms with Gasteiger partial charge in [-0.05, 0) is 6.07 Å². The highest BCUT2D eigenvalue weighted by Crippen LogP contribution is 2.41. The molecule has 0 radical (unpaired) electrons. The summed E-state index contributed by atoms with van der Waals surface area (Å²) < 4.78 is 15.9. The Labute approximate surface area is 114 Å². The monoisotopic (exact) mass is 269 g/mol. The molecule has 19 heavy (non-hydrogen) atoms. The van der Waals surface area contributed by atoms with E-state index in [1.165, 1.54) is 0 Å². The smallest absolute Gasteiger partial charge is 0.164 e. The fourth-order valence-corrected chi connectivity index (χ4v) is 1.82. The number of aliphatic hydroxyl groups is 1. The lowest BCUT2D eigenvalue weighted by Crippen LogP contribution is -2.32. The lowest BCUT2D eigenvalue weighted by molar-refractivity contribution is 0.131. The Hall–Kier alpha value is -1.46. The Bertz CT molecular complexity index is 432. The van der Waals surface area contributed by atoms with Gasteiger partial charge < -0.3 is 25.1 Å². The molecular formula is C14H23NO4. The average Bonchev–Trinajstić information content (AvgIpc) is 2.44. The van der Waals surface area contributed by atoms with Gasteiger partial charge >= 0.3 is 0 Å². The molecule has 0 aliphatic heterocycles. The van der Waals surface area contributed by atoms with Crippen LogP contribution in [-0.4, -0.2) is 33.0 Å². The van der Waals surface area contributed by atoms with E-state index in [1.54, 1.807) is 33.5 Å². The Morgan fingerprint density at radius 2 is 1.53 bits per heavy atom. The van der Waals surface area contributed by atoms with Crippen molar-refractivity contribution in [3.05, 3.63) is 17.7 Å². The van der Waals surface area contributed by atoms with Crippen molar-refractivity contribution in [3.8, 4) is 17.2 Å². The molecule has 5 heteroatoms. The van der Waals surface area contributed by atoms with E-state index >= 15 is 0 Å². The molecule has 108 valence electrons. The van der Waals surface area contributed by atoms with Gasteiger partial charge in [-0.25, -0.2) is 0 Å². The number of methoxy groups -OCH3 is 3. The van der Waals surface area contributed by atoms with Crippen molar-refractivity contribution in [2.45, 2.75) is 19.9 Å². The fraction of sp³-hybridized carbons (Fsp3) is 0.571. The summed E-state index contributed by atoms with van der Waals surface area (Å²) in [6.07, 6.45) is 0. The maximum absolute atomic E-state index is 9.44. The van der Waals surface area contributed by atoms with Crippen LogP contribution in [0.1, 0.15) is 25.5 Å². The zero-order chi connectivity index (χ0) is 14.6. The maximum Gasteiger partial charge on any atom is 0.164 e. The van der Waals surface area contributed by atoms with E-state index in [0.717, 1.165) is 5.56 Å². The summed E-state index contributed by atoms with van der Waals surface area (Å²) >= 11 is 0. The average molecular weight is 269 g/mol. The van der Waals surface area contributed by atoms with Gasteiger partial charge in [0.25, 0.3) is 0 Å². The molecule has 1 rings (SSSR count). The first-order valence-electron chi connectivity index (χ1n) is 6.07. The lowest BCUT2D eigenvalue weighted by atomic mass is 9.81. The van der Waals surface area contributed by atoms with Gasteiger partial charge in [-0.2, -0.15) is 0 Å². The van der Waals surface area contributed by atoms with Gasteiger partial charge in [0, 0.05) is 29.7 Å². The third kappa shape index (κ3) is 3.11. The Kier molecular flexibility index (Phi) is 5.03. The van der Waals surface area contributed by atoms with E-state index in [9.17, 15) is 5.11 Å². The van der Waals surface area contributed by atoms with E-state index in [0.29, 0.717) is 17.2 Å². The highest BCUT2D eigenvalue weighted by Gasteiger charge is 2.30. The van der Waals surface area contributed by atoms with Crippen molar-refractivity contribution in [1.29, 1.82) is 0 Å². The summed E-state index contributed by atoms with van der Waals surface area (Å²) in [6.45, 7) is 3.77. The van der Waals surface area contributed by atoms with Crippen LogP contribution in [0.2, 0.25) is 0 Å². The minimum absolute atomic E-state index is 0.0222. The molecule has 0 heterocycles. The van der Waals surface area contributed by atoms with Gasteiger partial charge in [0.05, 0.1) is 21.3 Å². The van der Waals surface area contributed by atoms with Crippen molar-refractivity contribution >= 4 is 0 Å². The summed E-state index contributed by atoms with van der Waals surface area (Å²) in [5.74, 6) is 1.78. The van der Waals surface area contributed by atoms with Crippen LogP contribution in [0.15, 0.2) is 12.1 Å². The second kappa shape index (κ2) is 6.12. The van der Waals surface area contributed by atoms with Crippen molar-refractivity contribution < 1.29 is 19.3 Å². The summed E-state index contributed by atoms with van der Waals surface area (Å²) in [6, 6.07) is 3.15. The first-order chi connectivity index (χ1) is 8.91. The Morgan fingerprint density at radius 3 is 1.95 bits per heavy atom. The molecule has 0 amide bonds. The first-order valence-corrected chi connectivity index (χ1v) is 6.07. The number of aliphatic hydroxyl groups excluding tert-OH is 1. The van der Waals surface area contributed by atoms with Crippen LogP contribution in [0.4, 0.5) is 0 Å². The largest absolute Gasteiger partial charge is 0.496 e. The SMILES string of the molecule is COc1cc(OC)c([C@@H](N)C(C)(C)CO)cc1OC. The highest BCUT2D eigenvalue weighted by atomic mass is 16.5. The van der Waals surface area contributed by atoms with Gasteiger partial charge in [0.1, 0.15) is 5.75 Å². The van der Waals surface area contributed by atoms with E-state index in [4.69, 9.17) is 19.9 Å². The molecule has 0 fully saturated rings. The molecule has 0 bridgehead atoms. The van der Waals surface area contributed by atoms with Gasteiger partial charge in [-0.1, -0.05) is 13.8 Å². The molecule has 0 saturated carbocycles. The highest BCUT2D eigenvalue weighted by molar-refractivity contribution is 5.52. The second-order valence-electron chi connectivity index (χ2n) is 5.07. The summed E-state index contributed by atoms with van der Waals surface area (Å²) in [7, 11) is 4.70. The topological polar surface area (TPSA) is 73.9 Å². The van der Waals surface area contributed by atoms with Crippen LogP contribution in [0.5, 0.6) is 17.2 Å². The van der Waals surface area contributed by atoms with E-state index in [-0.39, 0.29) is 12.6 Å². The summed E-state index contributed by atoms with van der Waals surface area (Å²) in [4.78, 5) is 0. The zero-order valence-electron chi connectivity index (χ0n) is 12.2. The number of nitrogens with two attached hydrogens (primary N) is 1. The van der Waals surface area contributed by atoms with Crippen molar-refractivity contribution in [2.24, 2.45) is 11.1 Å². The number of hydrogen-bond acceptors (Lipinski definition) is 5. The van der Waals surface area contributed by atoms with Crippen LogP contribution in [0, 0.1) is 5.41 Å². The standard InChI is InChI=1S/C14H23NO4/c1-14(2,8-16)13(15)9-6-11(18-4)12(19-5)7-10(9)17-3/h6-7,13,16H,8,15H2,1-5H3/t13-/m1/s1. The van der Waals surface area contributed by atoms with Gasteiger partial charge in [-0.3, -0.25) is 0 Å². The number of hydrogen-bond donors (Lipinski definition) is 2. The Morgan fingerprint density at radius 1 is 1.05 bits per heavy atom. The van der Waals surface area contributed by atoms with Crippen LogP contribution in [-0.2, 0) is 0 Å². The fourth-order valence-electron chi connectivity index (χ4n) is 1.82. The third-order valence-electron chi connectivity index (χ3n) is 3.32. The minimum Gasteiger partial charge on any atom is -0.496 e. The number of benzene rings is 1. The first kappa shape index (κ1) is 15.6. The van der Waals surface area contributed by atoms with Gasteiger partial charge in [0.15, 0.2) is 11.5 Å². The molecule has 1 aromatic carbocycles. The maximum atomic E-state index is 9.44. The van der Waals surface area contributed by atoms with Crippen LogP contribution in [0.3, 0.4) is 0 Å². The van der Waals surface area contributed by atoms with Gasteiger partial charge in [-0.15, -0.1) is 0 Å². The molecule has 0 unspecified atom stereocenters. The number of ether oxygens (including phenoxy) is 3.